The second-order valence-corrected chi connectivity index (χ2v) is 4.26. The minimum atomic E-state index is -0.568. The molecule has 2 atom stereocenters. The van der Waals surface area contributed by atoms with E-state index in [1.165, 1.54) is 12.0 Å². The number of rotatable bonds is 1. The summed E-state index contributed by atoms with van der Waals surface area (Å²) in [6.45, 7) is 9.96. The van der Waals surface area contributed by atoms with Gasteiger partial charge in [0.25, 0.3) is 0 Å². The molecule has 1 fully saturated rings. The van der Waals surface area contributed by atoms with Crippen molar-refractivity contribution >= 4 is 0 Å². The molecule has 0 aromatic carbocycles. The monoisotopic (exact) mass is 154 g/mol. The first-order valence-electron chi connectivity index (χ1n) is 4.34. The molecule has 1 nitrogen and oxygen atoms in total. The van der Waals surface area contributed by atoms with Crippen LogP contribution in [0.4, 0.5) is 0 Å². The summed E-state index contributed by atoms with van der Waals surface area (Å²) in [6, 6.07) is 0. The average Bonchev–Trinajstić information content (AvgIpc) is 2.11. The van der Waals surface area contributed by atoms with Crippen molar-refractivity contribution in [2.75, 3.05) is 0 Å². The smallest absolute Gasteiger partial charge is 0.0656 e. The van der Waals surface area contributed by atoms with E-state index in [0.717, 1.165) is 6.42 Å². The molecule has 0 unspecified atom stereocenters. The van der Waals surface area contributed by atoms with Crippen LogP contribution in [0.5, 0.6) is 0 Å². The summed E-state index contributed by atoms with van der Waals surface area (Å²) in [6.07, 6.45) is 2.29. The lowest BCUT2D eigenvalue weighted by Crippen LogP contribution is -2.29. The van der Waals surface area contributed by atoms with Gasteiger partial charge in [-0.1, -0.05) is 19.1 Å². The van der Waals surface area contributed by atoms with Crippen LogP contribution in [0.2, 0.25) is 0 Å². The van der Waals surface area contributed by atoms with Crippen LogP contribution >= 0.6 is 0 Å². The molecule has 0 aliphatic heterocycles. The van der Waals surface area contributed by atoms with Gasteiger partial charge in [0, 0.05) is 5.92 Å². The molecule has 64 valence electrons. The van der Waals surface area contributed by atoms with Gasteiger partial charge in [0.15, 0.2) is 0 Å². The SMILES string of the molecule is C=C1[C@H](C(C)(C)O)CC[C@@H]1C. The van der Waals surface area contributed by atoms with Gasteiger partial charge in [-0.15, -0.1) is 0 Å². The molecule has 11 heavy (non-hydrogen) atoms. The zero-order chi connectivity index (χ0) is 8.65. The minimum Gasteiger partial charge on any atom is -0.390 e. The second-order valence-electron chi connectivity index (χ2n) is 4.26. The summed E-state index contributed by atoms with van der Waals surface area (Å²) < 4.78 is 0. The minimum absolute atomic E-state index is 0.317. The molecule has 0 aromatic heterocycles. The van der Waals surface area contributed by atoms with Crippen molar-refractivity contribution in [1.29, 1.82) is 0 Å². The van der Waals surface area contributed by atoms with Gasteiger partial charge in [0.1, 0.15) is 0 Å². The van der Waals surface area contributed by atoms with Crippen molar-refractivity contribution in [1.82, 2.24) is 0 Å². The molecule has 0 heterocycles. The molecule has 0 bridgehead atoms. The predicted octanol–water partition coefficient (Wildman–Crippen LogP) is 2.36. The molecule has 0 radical (unpaired) electrons. The fraction of sp³-hybridized carbons (Fsp3) is 0.800. The first-order chi connectivity index (χ1) is 4.93. The van der Waals surface area contributed by atoms with Gasteiger partial charge in [-0.3, -0.25) is 0 Å². The molecule has 0 aromatic rings. The molecule has 1 N–H and O–H groups in total. The average molecular weight is 154 g/mol. The lowest BCUT2D eigenvalue weighted by molar-refractivity contribution is 0.0347. The third kappa shape index (κ3) is 1.64. The Hall–Kier alpha value is -0.300. The van der Waals surface area contributed by atoms with Gasteiger partial charge in [0.05, 0.1) is 5.60 Å². The lowest BCUT2D eigenvalue weighted by Gasteiger charge is -2.26. The Kier molecular flexibility index (Phi) is 2.10. The summed E-state index contributed by atoms with van der Waals surface area (Å²) in [5.41, 5.74) is 0.666. The topological polar surface area (TPSA) is 20.2 Å². The Morgan fingerprint density at radius 1 is 1.45 bits per heavy atom. The number of aliphatic hydroxyl groups is 1. The summed E-state index contributed by atoms with van der Waals surface area (Å²) in [7, 11) is 0. The van der Waals surface area contributed by atoms with Gasteiger partial charge in [-0.25, -0.2) is 0 Å². The van der Waals surface area contributed by atoms with Crippen LogP contribution in [0, 0.1) is 11.8 Å². The molecule has 0 spiro atoms. The quantitative estimate of drug-likeness (QED) is 0.575. The van der Waals surface area contributed by atoms with Crippen molar-refractivity contribution in [2.24, 2.45) is 11.8 Å². The zero-order valence-electron chi connectivity index (χ0n) is 7.72. The molecule has 1 saturated carbocycles. The summed E-state index contributed by atoms with van der Waals surface area (Å²) >= 11 is 0. The van der Waals surface area contributed by atoms with E-state index in [1.807, 2.05) is 13.8 Å². The Balaban J connectivity index is 2.70. The Labute approximate surface area is 69.1 Å². The standard InChI is InChI=1S/C10H18O/c1-7-5-6-9(8(7)2)10(3,4)11/h7,9,11H,2,5-6H2,1,3-4H3/t7-,9+/m0/s1. The Morgan fingerprint density at radius 3 is 2.18 bits per heavy atom. The fourth-order valence-electron chi connectivity index (χ4n) is 1.94. The van der Waals surface area contributed by atoms with Crippen molar-refractivity contribution in [3.63, 3.8) is 0 Å². The van der Waals surface area contributed by atoms with Gasteiger partial charge in [0.2, 0.25) is 0 Å². The van der Waals surface area contributed by atoms with E-state index >= 15 is 0 Å². The zero-order valence-corrected chi connectivity index (χ0v) is 7.72. The number of hydrogen-bond acceptors (Lipinski definition) is 1. The van der Waals surface area contributed by atoms with E-state index in [-0.39, 0.29) is 0 Å². The lowest BCUT2D eigenvalue weighted by atomic mass is 9.86. The van der Waals surface area contributed by atoms with Crippen molar-refractivity contribution < 1.29 is 5.11 Å². The van der Waals surface area contributed by atoms with Crippen LogP contribution < -0.4 is 0 Å². The molecule has 0 amide bonds. The van der Waals surface area contributed by atoms with Crippen LogP contribution in [0.25, 0.3) is 0 Å². The maximum atomic E-state index is 9.74. The van der Waals surface area contributed by atoms with Crippen LogP contribution in [-0.2, 0) is 0 Å². The first kappa shape index (κ1) is 8.79. The molecular formula is C10H18O. The van der Waals surface area contributed by atoms with E-state index in [9.17, 15) is 5.11 Å². The number of hydrogen-bond donors (Lipinski definition) is 1. The summed E-state index contributed by atoms with van der Waals surface area (Å²) in [5, 5.41) is 9.74. The van der Waals surface area contributed by atoms with Crippen LogP contribution in [0.1, 0.15) is 33.6 Å². The summed E-state index contributed by atoms with van der Waals surface area (Å²) in [4.78, 5) is 0. The second kappa shape index (κ2) is 2.63. The maximum Gasteiger partial charge on any atom is 0.0656 e. The predicted molar refractivity (Wildman–Crippen MR) is 47.3 cm³/mol. The van der Waals surface area contributed by atoms with Crippen molar-refractivity contribution in [3.05, 3.63) is 12.2 Å². The fourth-order valence-corrected chi connectivity index (χ4v) is 1.94. The first-order valence-corrected chi connectivity index (χ1v) is 4.34. The highest BCUT2D eigenvalue weighted by atomic mass is 16.3. The van der Waals surface area contributed by atoms with E-state index in [2.05, 4.69) is 13.5 Å². The molecule has 1 aliphatic carbocycles. The van der Waals surface area contributed by atoms with Crippen molar-refractivity contribution in [3.8, 4) is 0 Å². The van der Waals surface area contributed by atoms with Crippen molar-refractivity contribution in [2.45, 2.75) is 39.2 Å². The third-order valence-electron chi connectivity index (χ3n) is 2.82. The van der Waals surface area contributed by atoms with E-state index in [1.54, 1.807) is 0 Å². The normalized spacial score (nSPS) is 32.9. The van der Waals surface area contributed by atoms with Crippen LogP contribution in [0.15, 0.2) is 12.2 Å². The maximum absolute atomic E-state index is 9.74. The molecular weight excluding hydrogens is 136 g/mol. The van der Waals surface area contributed by atoms with E-state index < -0.39 is 5.60 Å². The molecule has 1 aliphatic rings. The van der Waals surface area contributed by atoms with Crippen LogP contribution in [0.3, 0.4) is 0 Å². The van der Waals surface area contributed by atoms with Gasteiger partial charge in [-0.2, -0.15) is 0 Å². The van der Waals surface area contributed by atoms with Gasteiger partial charge in [-0.05, 0) is 32.6 Å². The Bertz CT molecular complexity index is 164. The van der Waals surface area contributed by atoms with E-state index in [0.29, 0.717) is 11.8 Å². The largest absolute Gasteiger partial charge is 0.390 e. The van der Waals surface area contributed by atoms with Gasteiger partial charge >= 0.3 is 0 Å². The van der Waals surface area contributed by atoms with Gasteiger partial charge < -0.3 is 5.11 Å². The van der Waals surface area contributed by atoms with E-state index in [4.69, 9.17) is 0 Å². The highest BCUT2D eigenvalue weighted by molar-refractivity contribution is 5.14. The molecule has 1 heteroatoms. The molecule has 1 rings (SSSR count). The third-order valence-corrected chi connectivity index (χ3v) is 2.82. The highest BCUT2D eigenvalue weighted by Gasteiger charge is 2.35. The highest BCUT2D eigenvalue weighted by Crippen LogP contribution is 2.40. The van der Waals surface area contributed by atoms with Crippen LogP contribution in [-0.4, -0.2) is 10.7 Å². The Morgan fingerprint density at radius 2 is 2.00 bits per heavy atom. The summed E-state index contributed by atoms with van der Waals surface area (Å²) in [5.74, 6) is 0.920. The molecule has 0 saturated heterocycles.